The number of nitrogens with one attached hydrogen (secondary N) is 3. The van der Waals surface area contributed by atoms with Crippen molar-refractivity contribution >= 4 is 23.1 Å². The Labute approximate surface area is 215 Å². The van der Waals surface area contributed by atoms with Gasteiger partial charge in [-0.05, 0) is 57.0 Å². The van der Waals surface area contributed by atoms with Crippen LogP contribution in [0, 0.1) is 0 Å². The summed E-state index contributed by atoms with van der Waals surface area (Å²) in [4.78, 5) is 28.4. The number of nitrogens with zero attached hydrogens (tertiary/aromatic N) is 3. The number of anilines is 1. The monoisotopic (exact) mass is 504 g/mol. The van der Waals surface area contributed by atoms with Crippen molar-refractivity contribution in [3.8, 4) is 22.9 Å². The number of rotatable bonds is 10. The lowest BCUT2D eigenvalue weighted by Gasteiger charge is -2.19. The zero-order chi connectivity index (χ0) is 26.3. The van der Waals surface area contributed by atoms with Crippen LogP contribution in [0.2, 0.25) is 0 Å². The zero-order valence-corrected chi connectivity index (χ0v) is 21.5. The average molecular weight is 505 g/mol. The molecule has 37 heavy (non-hydrogen) atoms. The van der Waals surface area contributed by atoms with Crippen LogP contribution in [-0.2, 0) is 11.3 Å². The number of carbonyl (C=O) groups excluding carboxylic acids is 1. The Morgan fingerprint density at radius 3 is 2.78 bits per heavy atom. The van der Waals surface area contributed by atoms with Gasteiger partial charge in [0.1, 0.15) is 17.0 Å². The molecule has 0 saturated heterocycles. The molecule has 10 heteroatoms. The van der Waals surface area contributed by atoms with Crippen LogP contribution in [0.5, 0.6) is 11.6 Å². The topological polar surface area (TPSA) is 123 Å². The van der Waals surface area contributed by atoms with Crippen molar-refractivity contribution in [3.05, 3.63) is 60.4 Å². The molecular weight excluding hydrogens is 472 g/mol. The molecule has 0 atom stereocenters. The van der Waals surface area contributed by atoms with Crippen molar-refractivity contribution in [2.75, 3.05) is 25.6 Å². The highest BCUT2D eigenvalue weighted by molar-refractivity contribution is 5.92. The number of carbonyl (C=O) groups is 1. The summed E-state index contributed by atoms with van der Waals surface area (Å²) in [6.45, 7) is 6.93. The second kappa shape index (κ2) is 11.6. The third kappa shape index (κ3) is 7.33. The number of hydrogen-bond donors (Lipinski definition) is 3. The van der Waals surface area contributed by atoms with E-state index in [-0.39, 0.29) is 0 Å². The molecule has 0 spiro atoms. The van der Waals surface area contributed by atoms with Gasteiger partial charge in [-0.3, -0.25) is 0 Å². The van der Waals surface area contributed by atoms with Gasteiger partial charge >= 0.3 is 6.09 Å². The summed E-state index contributed by atoms with van der Waals surface area (Å²) in [5, 5.41) is 6.98. The first kappa shape index (κ1) is 25.7. The number of hydrogen-bond acceptors (Lipinski definition) is 8. The average Bonchev–Trinajstić information content (AvgIpc) is 3.30. The molecule has 194 valence electrons. The number of aromatic amines is 1. The van der Waals surface area contributed by atoms with Crippen LogP contribution in [0.4, 0.5) is 10.7 Å². The predicted octanol–water partition coefficient (Wildman–Crippen LogP) is 4.93. The van der Waals surface area contributed by atoms with Gasteiger partial charge in [0.15, 0.2) is 0 Å². The molecule has 0 aliphatic carbocycles. The molecule has 0 unspecified atom stereocenters. The number of alkyl carbamates (subject to hydrolysis) is 1. The lowest BCUT2D eigenvalue weighted by Crippen LogP contribution is -2.33. The van der Waals surface area contributed by atoms with Crippen molar-refractivity contribution in [1.82, 2.24) is 25.3 Å². The highest BCUT2D eigenvalue weighted by atomic mass is 16.6. The summed E-state index contributed by atoms with van der Waals surface area (Å²) >= 11 is 0. The van der Waals surface area contributed by atoms with E-state index in [0.717, 1.165) is 33.6 Å². The Morgan fingerprint density at radius 1 is 1.11 bits per heavy atom. The molecule has 3 aromatic heterocycles. The van der Waals surface area contributed by atoms with Crippen LogP contribution < -0.4 is 20.1 Å². The van der Waals surface area contributed by atoms with E-state index in [1.807, 2.05) is 63.4 Å². The Bertz CT molecular complexity index is 1350. The van der Waals surface area contributed by atoms with E-state index in [0.29, 0.717) is 37.9 Å². The maximum Gasteiger partial charge on any atom is 0.407 e. The number of benzene rings is 1. The highest BCUT2D eigenvalue weighted by Gasteiger charge is 2.15. The van der Waals surface area contributed by atoms with Crippen molar-refractivity contribution < 1.29 is 19.0 Å². The molecule has 4 aromatic rings. The number of pyridine rings is 1. The first-order valence-electron chi connectivity index (χ1n) is 12.1. The molecule has 0 aliphatic heterocycles. The van der Waals surface area contributed by atoms with Gasteiger partial charge in [-0.15, -0.1) is 0 Å². The van der Waals surface area contributed by atoms with E-state index in [9.17, 15) is 4.79 Å². The molecule has 4 rings (SSSR count). The van der Waals surface area contributed by atoms with Crippen LogP contribution >= 0.6 is 0 Å². The van der Waals surface area contributed by atoms with Gasteiger partial charge in [0.05, 0.1) is 19.4 Å². The molecule has 0 fully saturated rings. The fraction of sp³-hybridized carbons (Fsp3) is 0.333. The van der Waals surface area contributed by atoms with E-state index in [1.165, 1.54) is 0 Å². The van der Waals surface area contributed by atoms with Crippen molar-refractivity contribution in [3.63, 3.8) is 0 Å². The van der Waals surface area contributed by atoms with Gasteiger partial charge in [-0.2, -0.15) is 4.98 Å². The van der Waals surface area contributed by atoms with Crippen LogP contribution in [0.25, 0.3) is 22.3 Å². The molecule has 0 aliphatic rings. The summed E-state index contributed by atoms with van der Waals surface area (Å²) in [5.74, 6) is 1.66. The van der Waals surface area contributed by atoms with E-state index in [4.69, 9.17) is 19.2 Å². The number of methoxy groups -OCH3 is 1. The summed E-state index contributed by atoms with van der Waals surface area (Å²) in [7, 11) is 1.58. The van der Waals surface area contributed by atoms with Gasteiger partial charge in [0.25, 0.3) is 0 Å². The predicted molar refractivity (Wildman–Crippen MR) is 142 cm³/mol. The van der Waals surface area contributed by atoms with E-state index in [2.05, 4.69) is 25.6 Å². The number of H-pyrrole nitrogens is 1. The normalized spacial score (nSPS) is 11.2. The fourth-order valence-electron chi connectivity index (χ4n) is 3.61. The zero-order valence-electron chi connectivity index (χ0n) is 21.5. The summed E-state index contributed by atoms with van der Waals surface area (Å²) in [6, 6.07) is 13.5. The van der Waals surface area contributed by atoms with Crippen molar-refractivity contribution in [2.45, 2.75) is 39.3 Å². The number of amides is 1. The summed E-state index contributed by atoms with van der Waals surface area (Å²) in [5.41, 5.74) is 2.94. The van der Waals surface area contributed by atoms with Crippen molar-refractivity contribution in [1.29, 1.82) is 0 Å². The van der Waals surface area contributed by atoms with Gasteiger partial charge in [0, 0.05) is 42.5 Å². The Hall–Kier alpha value is -4.34. The van der Waals surface area contributed by atoms with Gasteiger partial charge in [-0.25, -0.2) is 14.8 Å². The maximum absolute atomic E-state index is 11.7. The van der Waals surface area contributed by atoms with Crippen LogP contribution in [0.3, 0.4) is 0 Å². The maximum atomic E-state index is 11.7. The SMILES string of the molecule is COc1cc(-c2c[nH]c3ncccc23)nc(NCc2cccc(OCCCNC(=O)OC(C)(C)C)c2)n1. The van der Waals surface area contributed by atoms with E-state index in [1.54, 1.807) is 19.4 Å². The first-order valence-corrected chi connectivity index (χ1v) is 12.1. The summed E-state index contributed by atoms with van der Waals surface area (Å²) < 4.78 is 16.5. The van der Waals surface area contributed by atoms with E-state index < -0.39 is 11.7 Å². The van der Waals surface area contributed by atoms with E-state index >= 15 is 0 Å². The molecule has 1 aromatic carbocycles. The Morgan fingerprint density at radius 2 is 1.97 bits per heavy atom. The smallest absolute Gasteiger partial charge is 0.407 e. The molecule has 1 amide bonds. The minimum atomic E-state index is -0.513. The van der Waals surface area contributed by atoms with Crippen LogP contribution in [0.1, 0.15) is 32.8 Å². The number of fused-ring (bicyclic) bond motifs is 1. The number of ether oxygens (including phenoxy) is 3. The molecular formula is C27H32N6O4. The van der Waals surface area contributed by atoms with Crippen LogP contribution in [-0.4, -0.2) is 51.9 Å². The van der Waals surface area contributed by atoms with Crippen molar-refractivity contribution in [2.24, 2.45) is 0 Å². The minimum absolute atomic E-state index is 0.426. The molecule has 0 saturated carbocycles. The third-order valence-electron chi connectivity index (χ3n) is 5.25. The van der Waals surface area contributed by atoms with Gasteiger partial charge < -0.3 is 29.8 Å². The van der Waals surface area contributed by atoms with Crippen LogP contribution in [0.15, 0.2) is 54.9 Å². The molecule has 3 heterocycles. The third-order valence-corrected chi connectivity index (χ3v) is 5.25. The standard InChI is InChI=1S/C27H32N6O4/c1-27(2,3)37-26(34)29-12-7-13-36-19-9-5-8-18(14-19)16-31-25-32-22(15-23(33-25)35-4)21-17-30-24-20(21)10-6-11-28-24/h5-6,8-11,14-15,17H,7,12-13,16H2,1-4H3,(H,28,30)(H,29,34)(H,31,32,33). The Balaban J connectivity index is 1.33. The minimum Gasteiger partial charge on any atom is -0.494 e. The molecule has 3 N–H and O–H groups in total. The number of aromatic nitrogens is 4. The molecule has 0 radical (unpaired) electrons. The molecule has 10 nitrogen and oxygen atoms in total. The Kier molecular flexibility index (Phi) is 8.07. The highest BCUT2D eigenvalue weighted by Crippen LogP contribution is 2.29. The first-order chi connectivity index (χ1) is 17.8. The lowest BCUT2D eigenvalue weighted by atomic mass is 10.1. The lowest BCUT2D eigenvalue weighted by molar-refractivity contribution is 0.0525. The quantitative estimate of drug-likeness (QED) is 0.260. The fourth-order valence-corrected chi connectivity index (χ4v) is 3.61. The largest absolute Gasteiger partial charge is 0.494 e. The van der Waals surface area contributed by atoms with Gasteiger partial charge in [0.2, 0.25) is 11.8 Å². The molecule has 0 bridgehead atoms. The van der Waals surface area contributed by atoms with Gasteiger partial charge in [-0.1, -0.05) is 12.1 Å². The summed E-state index contributed by atoms with van der Waals surface area (Å²) in [6.07, 6.45) is 3.86. The second-order valence-electron chi connectivity index (χ2n) is 9.35. The second-order valence-corrected chi connectivity index (χ2v) is 9.35.